The van der Waals surface area contributed by atoms with Crippen LogP contribution in [0.3, 0.4) is 0 Å². The molecule has 0 aromatic carbocycles. The Morgan fingerprint density at radius 3 is 3.06 bits per heavy atom. The van der Waals surface area contributed by atoms with E-state index in [2.05, 4.69) is 20.2 Å². The van der Waals surface area contributed by atoms with Crippen molar-refractivity contribution in [2.75, 3.05) is 43.1 Å². The highest BCUT2D eigenvalue weighted by Gasteiger charge is 2.20. The van der Waals surface area contributed by atoms with Crippen LogP contribution in [0.15, 0.2) is 12.4 Å². The first-order chi connectivity index (χ1) is 8.83. The zero-order chi connectivity index (χ0) is 12.8. The van der Waals surface area contributed by atoms with Crippen molar-refractivity contribution in [1.29, 1.82) is 0 Å². The van der Waals surface area contributed by atoms with Crippen molar-refractivity contribution in [2.45, 2.75) is 12.8 Å². The van der Waals surface area contributed by atoms with Gasteiger partial charge in [0.1, 0.15) is 18.0 Å². The highest BCUT2D eigenvalue weighted by molar-refractivity contribution is 5.48. The molecule has 1 unspecified atom stereocenters. The Morgan fingerprint density at radius 1 is 1.39 bits per heavy atom. The summed E-state index contributed by atoms with van der Waals surface area (Å²) < 4.78 is 0. The number of aliphatic hydroxyl groups is 2. The number of piperidine rings is 1. The molecule has 0 radical (unpaired) electrons. The fraction of sp³-hybridized carbons (Fsp3) is 0.667. The van der Waals surface area contributed by atoms with Crippen molar-refractivity contribution >= 4 is 11.6 Å². The van der Waals surface area contributed by atoms with Crippen molar-refractivity contribution in [3.05, 3.63) is 12.4 Å². The van der Waals surface area contributed by atoms with Crippen LogP contribution in [0.5, 0.6) is 0 Å². The second-order valence-corrected chi connectivity index (χ2v) is 4.55. The third kappa shape index (κ3) is 3.30. The average molecular weight is 252 g/mol. The van der Waals surface area contributed by atoms with E-state index in [9.17, 15) is 5.11 Å². The summed E-state index contributed by atoms with van der Waals surface area (Å²) in [5.74, 6) is 1.94. The zero-order valence-corrected chi connectivity index (χ0v) is 10.4. The van der Waals surface area contributed by atoms with Crippen molar-refractivity contribution < 1.29 is 10.2 Å². The van der Waals surface area contributed by atoms with Gasteiger partial charge in [-0.25, -0.2) is 9.97 Å². The molecular weight excluding hydrogens is 232 g/mol. The molecule has 1 aromatic rings. The van der Waals surface area contributed by atoms with Gasteiger partial charge in [0.2, 0.25) is 0 Å². The number of aliphatic hydroxyl groups excluding tert-OH is 2. The molecule has 1 fully saturated rings. The first-order valence-electron chi connectivity index (χ1n) is 6.36. The van der Waals surface area contributed by atoms with Gasteiger partial charge in [-0.15, -0.1) is 0 Å². The summed E-state index contributed by atoms with van der Waals surface area (Å²) in [4.78, 5) is 10.5. The van der Waals surface area contributed by atoms with Gasteiger partial charge in [-0.2, -0.15) is 0 Å². The lowest BCUT2D eigenvalue weighted by molar-refractivity contribution is 0.208. The molecule has 1 aliphatic heterocycles. The van der Waals surface area contributed by atoms with Gasteiger partial charge in [-0.05, 0) is 18.8 Å². The molecule has 2 rings (SSSR count). The number of aromatic nitrogens is 2. The summed E-state index contributed by atoms with van der Waals surface area (Å²) in [6.07, 6.45) is 3.68. The largest absolute Gasteiger partial charge is 0.396 e. The van der Waals surface area contributed by atoms with E-state index in [0.717, 1.165) is 37.6 Å². The van der Waals surface area contributed by atoms with Crippen molar-refractivity contribution in [1.82, 2.24) is 9.97 Å². The number of anilines is 2. The monoisotopic (exact) mass is 252 g/mol. The van der Waals surface area contributed by atoms with E-state index in [-0.39, 0.29) is 13.2 Å². The Balaban J connectivity index is 2.02. The minimum absolute atomic E-state index is 0.0790. The van der Waals surface area contributed by atoms with Crippen molar-refractivity contribution in [3.63, 3.8) is 0 Å². The van der Waals surface area contributed by atoms with Gasteiger partial charge in [0.25, 0.3) is 0 Å². The lowest BCUT2D eigenvalue weighted by Crippen LogP contribution is -2.37. The number of nitrogens with one attached hydrogen (secondary N) is 1. The second kappa shape index (κ2) is 6.51. The molecule has 0 saturated carbocycles. The first-order valence-corrected chi connectivity index (χ1v) is 6.36. The predicted molar refractivity (Wildman–Crippen MR) is 69.6 cm³/mol. The minimum Gasteiger partial charge on any atom is -0.396 e. The van der Waals surface area contributed by atoms with E-state index in [4.69, 9.17) is 5.11 Å². The van der Waals surface area contributed by atoms with Crippen molar-refractivity contribution in [3.8, 4) is 0 Å². The molecule has 1 aromatic heterocycles. The van der Waals surface area contributed by atoms with Gasteiger partial charge in [0.15, 0.2) is 0 Å². The molecular formula is C12H20N4O2. The average Bonchev–Trinajstić information content (AvgIpc) is 2.45. The highest BCUT2D eigenvalue weighted by Crippen LogP contribution is 2.22. The van der Waals surface area contributed by atoms with Gasteiger partial charge >= 0.3 is 0 Å². The molecule has 0 spiro atoms. The number of hydrogen-bond acceptors (Lipinski definition) is 6. The predicted octanol–water partition coefficient (Wildman–Crippen LogP) is 0.0895. The van der Waals surface area contributed by atoms with Crippen LogP contribution in [0.25, 0.3) is 0 Å². The second-order valence-electron chi connectivity index (χ2n) is 4.55. The molecule has 3 N–H and O–H groups in total. The van der Waals surface area contributed by atoms with Gasteiger partial charge in [0.05, 0.1) is 6.61 Å². The lowest BCUT2D eigenvalue weighted by atomic mass is 9.99. The molecule has 1 aliphatic rings. The Labute approximate surface area is 107 Å². The maximum absolute atomic E-state index is 9.23. The van der Waals surface area contributed by atoms with E-state index < -0.39 is 0 Å². The van der Waals surface area contributed by atoms with Crippen LogP contribution in [-0.4, -0.2) is 53.0 Å². The minimum atomic E-state index is 0.0790. The van der Waals surface area contributed by atoms with Gasteiger partial charge in [-0.3, -0.25) is 0 Å². The van der Waals surface area contributed by atoms with E-state index in [0.29, 0.717) is 12.5 Å². The zero-order valence-electron chi connectivity index (χ0n) is 10.4. The topological polar surface area (TPSA) is 81.5 Å². The van der Waals surface area contributed by atoms with Gasteiger partial charge in [-0.1, -0.05) is 0 Å². The maximum atomic E-state index is 9.23. The number of nitrogens with zero attached hydrogens (tertiary/aromatic N) is 3. The van der Waals surface area contributed by atoms with Crippen LogP contribution in [0.2, 0.25) is 0 Å². The summed E-state index contributed by atoms with van der Waals surface area (Å²) in [6.45, 7) is 2.60. The Morgan fingerprint density at radius 2 is 2.28 bits per heavy atom. The van der Waals surface area contributed by atoms with E-state index in [1.54, 1.807) is 0 Å². The Hall–Kier alpha value is -1.40. The molecule has 6 nitrogen and oxygen atoms in total. The summed E-state index contributed by atoms with van der Waals surface area (Å²) in [6, 6.07) is 1.88. The molecule has 0 amide bonds. The van der Waals surface area contributed by atoms with Crippen molar-refractivity contribution in [2.24, 2.45) is 5.92 Å². The fourth-order valence-corrected chi connectivity index (χ4v) is 2.22. The van der Waals surface area contributed by atoms with E-state index in [1.807, 2.05) is 6.07 Å². The normalized spacial score (nSPS) is 19.9. The van der Waals surface area contributed by atoms with Crippen LogP contribution >= 0.6 is 0 Å². The molecule has 0 aliphatic carbocycles. The van der Waals surface area contributed by atoms with E-state index >= 15 is 0 Å². The summed E-state index contributed by atoms with van der Waals surface area (Å²) >= 11 is 0. The Bertz CT molecular complexity index is 375. The third-order valence-electron chi connectivity index (χ3n) is 3.17. The Kier molecular flexibility index (Phi) is 4.72. The molecule has 18 heavy (non-hydrogen) atoms. The molecule has 2 heterocycles. The molecule has 6 heteroatoms. The van der Waals surface area contributed by atoms with Crippen LogP contribution in [0, 0.1) is 5.92 Å². The molecule has 1 saturated heterocycles. The lowest BCUT2D eigenvalue weighted by Gasteiger charge is -2.32. The number of hydrogen-bond donors (Lipinski definition) is 3. The number of rotatable bonds is 5. The fourth-order valence-electron chi connectivity index (χ4n) is 2.22. The summed E-state index contributed by atoms with van der Waals surface area (Å²) in [5.41, 5.74) is 0. The molecule has 1 atom stereocenters. The van der Waals surface area contributed by atoms with Crippen LogP contribution < -0.4 is 10.2 Å². The smallest absolute Gasteiger partial charge is 0.134 e. The molecule has 100 valence electrons. The maximum Gasteiger partial charge on any atom is 0.134 e. The highest BCUT2D eigenvalue weighted by atomic mass is 16.3. The quantitative estimate of drug-likeness (QED) is 0.689. The first kappa shape index (κ1) is 13.0. The van der Waals surface area contributed by atoms with Gasteiger partial charge < -0.3 is 20.4 Å². The summed E-state index contributed by atoms with van der Waals surface area (Å²) in [5, 5.41) is 21.0. The third-order valence-corrected chi connectivity index (χ3v) is 3.17. The van der Waals surface area contributed by atoms with Crippen LogP contribution in [0.4, 0.5) is 11.6 Å². The summed E-state index contributed by atoms with van der Waals surface area (Å²) in [7, 11) is 0. The standard InChI is InChI=1S/C12H20N4O2/c17-5-3-13-11-6-12(15-9-14-11)16-4-1-2-10(7-16)8-18/h6,9-10,17-18H,1-5,7-8H2,(H,13,14,15). The van der Waals surface area contributed by atoms with E-state index in [1.165, 1.54) is 6.33 Å². The van der Waals surface area contributed by atoms with Crippen LogP contribution in [0.1, 0.15) is 12.8 Å². The van der Waals surface area contributed by atoms with Gasteiger partial charge in [0, 0.05) is 32.3 Å². The SMILES string of the molecule is OCCNc1cc(N2CCCC(CO)C2)ncn1. The van der Waals surface area contributed by atoms with Crippen LogP contribution in [-0.2, 0) is 0 Å². The molecule has 0 bridgehead atoms.